The zero-order chi connectivity index (χ0) is 9.84. The Kier molecular flexibility index (Phi) is 3.25. The van der Waals surface area contributed by atoms with Crippen LogP contribution in [0.1, 0.15) is 25.1 Å². The van der Waals surface area contributed by atoms with Crippen LogP contribution in [-0.2, 0) is 6.61 Å². The lowest BCUT2D eigenvalue weighted by Gasteiger charge is -2.13. The highest BCUT2D eigenvalue weighted by Gasteiger charge is 2.06. The number of aromatic nitrogens is 1. The molecule has 0 radical (unpaired) electrons. The second kappa shape index (κ2) is 4.23. The standard InChI is InChI=1S/C10H15NO2/c1-7(2)13-10-4-5-11-9(6-12)8(10)3/h4-5,7,12H,6H2,1-3H3. The summed E-state index contributed by atoms with van der Waals surface area (Å²) < 4.78 is 5.54. The molecule has 0 aliphatic carbocycles. The van der Waals surface area contributed by atoms with Crippen LogP contribution < -0.4 is 4.74 Å². The van der Waals surface area contributed by atoms with Crippen LogP contribution in [0, 0.1) is 6.92 Å². The molecule has 0 atom stereocenters. The summed E-state index contributed by atoms with van der Waals surface area (Å²) >= 11 is 0. The van der Waals surface area contributed by atoms with Crippen molar-refractivity contribution in [3.05, 3.63) is 23.5 Å². The monoisotopic (exact) mass is 181 g/mol. The first kappa shape index (κ1) is 9.99. The molecule has 0 spiro atoms. The van der Waals surface area contributed by atoms with Crippen LogP contribution >= 0.6 is 0 Å². The summed E-state index contributed by atoms with van der Waals surface area (Å²) in [6.45, 7) is 5.80. The van der Waals surface area contributed by atoms with E-state index in [0.717, 1.165) is 11.3 Å². The average molecular weight is 181 g/mol. The summed E-state index contributed by atoms with van der Waals surface area (Å²) in [7, 11) is 0. The quantitative estimate of drug-likeness (QED) is 0.771. The fourth-order valence-electron chi connectivity index (χ4n) is 1.10. The summed E-state index contributed by atoms with van der Waals surface area (Å²) in [5.74, 6) is 0.800. The predicted octanol–water partition coefficient (Wildman–Crippen LogP) is 1.67. The van der Waals surface area contributed by atoms with Gasteiger partial charge >= 0.3 is 0 Å². The third-order valence-corrected chi connectivity index (χ3v) is 1.77. The molecular weight excluding hydrogens is 166 g/mol. The van der Waals surface area contributed by atoms with Crippen LogP contribution in [0.25, 0.3) is 0 Å². The van der Waals surface area contributed by atoms with Gasteiger partial charge in [-0.25, -0.2) is 0 Å². The summed E-state index contributed by atoms with van der Waals surface area (Å²) in [5, 5.41) is 8.96. The van der Waals surface area contributed by atoms with Crippen LogP contribution in [0.3, 0.4) is 0 Å². The van der Waals surface area contributed by atoms with Crippen molar-refractivity contribution in [3.8, 4) is 5.75 Å². The third kappa shape index (κ3) is 2.42. The van der Waals surface area contributed by atoms with Gasteiger partial charge in [0.05, 0.1) is 18.4 Å². The fourth-order valence-corrected chi connectivity index (χ4v) is 1.10. The third-order valence-electron chi connectivity index (χ3n) is 1.77. The molecule has 1 N–H and O–H groups in total. The molecule has 3 nitrogen and oxygen atoms in total. The maximum Gasteiger partial charge on any atom is 0.126 e. The summed E-state index contributed by atoms with van der Waals surface area (Å²) in [6, 6.07) is 1.81. The van der Waals surface area contributed by atoms with Gasteiger partial charge in [0.15, 0.2) is 0 Å². The van der Waals surface area contributed by atoms with Gasteiger partial charge in [-0.05, 0) is 26.8 Å². The van der Waals surface area contributed by atoms with E-state index in [2.05, 4.69) is 4.98 Å². The Morgan fingerprint density at radius 3 is 2.77 bits per heavy atom. The van der Waals surface area contributed by atoms with Gasteiger partial charge in [0, 0.05) is 11.8 Å². The lowest BCUT2D eigenvalue weighted by atomic mass is 10.2. The summed E-state index contributed by atoms with van der Waals surface area (Å²) in [4.78, 5) is 4.03. The van der Waals surface area contributed by atoms with E-state index in [0.29, 0.717) is 5.69 Å². The Morgan fingerprint density at radius 2 is 2.23 bits per heavy atom. The van der Waals surface area contributed by atoms with Crippen LogP contribution in [0.15, 0.2) is 12.3 Å². The second-order valence-electron chi connectivity index (χ2n) is 3.21. The van der Waals surface area contributed by atoms with Crippen LogP contribution in [0.2, 0.25) is 0 Å². The summed E-state index contributed by atoms with van der Waals surface area (Å²) in [5.41, 5.74) is 1.59. The van der Waals surface area contributed by atoms with E-state index < -0.39 is 0 Å². The van der Waals surface area contributed by atoms with Crippen LogP contribution in [0.5, 0.6) is 5.75 Å². The molecule has 0 fully saturated rings. The van der Waals surface area contributed by atoms with Gasteiger partial charge in [0.2, 0.25) is 0 Å². The molecule has 13 heavy (non-hydrogen) atoms. The Balaban J connectivity index is 2.94. The van der Waals surface area contributed by atoms with Gasteiger partial charge in [0.25, 0.3) is 0 Å². The Hall–Kier alpha value is -1.09. The van der Waals surface area contributed by atoms with Crippen molar-refractivity contribution in [2.45, 2.75) is 33.5 Å². The van der Waals surface area contributed by atoms with Crippen molar-refractivity contribution in [1.82, 2.24) is 4.98 Å². The van der Waals surface area contributed by atoms with E-state index in [-0.39, 0.29) is 12.7 Å². The van der Waals surface area contributed by atoms with E-state index >= 15 is 0 Å². The van der Waals surface area contributed by atoms with Gasteiger partial charge in [0.1, 0.15) is 5.75 Å². The molecule has 0 aliphatic heterocycles. The first-order valence-electron chi connectivity index (χ1n) is 4.37. The minimum absolute atomic E-state index is 0.0405. The number of pyridine rings is 1. The summed E-state index contributed by atoms with van der Waals surface area (Å²) in [6.07, 6.45) is 1.80. The predicted molar refractivity (Wildman–Crippen MR) is 50.7 cm³/mol. The number of aliphatic hydroxyl groups excluding tert-OH is 1. The number of rotatable bonds is 3. The minimum atomic E-state index is -0.0405. The van der Waals surface area contributed by atoms with Crippen LogP contribution in [0.4, 0.5) is 0 Å². The van der Waals surface area contributed by atoms with Crippen molar-refractivity contribution in [1.29, 1.82) is 0 Å². The van der Waals surface area contributed by atoms with Crippen molar-refractivity contribution in [2.24, 2.45) is 0 Å². The molecule has 1 aromatic heterocycles. The molecule has 0 aromatic carbocycles. The first-order chi connectivity index (χ1) is 6.15. The molecule has 72 valence electrons. The number of hydrogen-bond donors (Lipinski definition) is 1. The number of ether oxygens (including phenoxy) is 1. The molecule has 0 amide bonds. The highest BCUT2D eigenvalue weighted by Crippen LogP contribution is 2.20. The minimum Gasteiger partial charge on any atom is -0.491 e. The molecule has 0 unspecified atom stereocenters. The van der Waals surface area contributed by atoms with Crippen molar-refractivity contribution in [3.63, 3.8) is 0 Å². The van der Waals surface area contributed by atoms with Crippen molar-refractivity contribution < 1.29 is 9.84 Å². The molecule has 1 rings (SSSR count). The van der Waals surface area contributed by atoms with Gasteiger partial charge in [-0.15, -0.1) is 0 Å². The molecule has 0 saturated carbocycles. The van der Waals surface area contributed by atoms with E-state index in [1.54, 1.807) is 6.20 Å². The topological polar surface area (TPSA) is 42.4 Å². The second-order valence-corrected chi connectivity index (χ2v) is 3.21. The average Bonchev–Trinajstić information content (AvgIpc) is 2.08. The molecule has 0 aliphatic rings. The smallest absolute Gasteiger partial charge is 0.126 e. The molecule has 3 heteroatoms. The molecule has 0 saturated heterocycles. The zero-order valence-corrected chi connectivity index (χ0v) is 8.24. The van der Waals surface area contributed by atoms with Gasteiger partial charge in [-0.3, -0.25) is 4.98 Å². The fraction of sp³-hybridized carbons (Fsp3) is 0.500. The van der Waals surface area contributed by atoms with E-state index in [9.17, 15) is 0 Å². The van der Waals surface area contributed by atoms with Crippen LogP contribution in [-0.4, -0.2) is 16.2 Å². The number of aliphatic hydroxyl groups is 1. The SMILES string of the molecule is Cc1c(OC(C)C)ccnc1CO. The first-order valence-corrected chi connectivity index (χ1v) is 4.37. The normalized spacial score (nSPS) is 10.5. The van der Waals surface area contributed by atoms with E-state index in [1.165, 1.54) is 0 Å². The lowest BCUT2D eigenvalue weighted by molar-refractivity contribution is 0.237. The Labute approximate surface area is 78.4 Å². The van der Waals surface area contributed by atoms with Gasteiger partial charge < -0.3 is 9.84 Å². The highest BCUT2D eigenvalue weighted by molar-refractivity contribution is 5.34. The number of nitrogens with zero attached hydrogens (tertiary/aromatic N) is 1. The number of hydrogen-bond acceptors (Lipinski definition) is 3. The Bertz CT molecular complexity index is 284. The van der Waals surface area contributed by atoms with E-state index in [1.807, 2.05) is 26.8 Å². The zero-order valence-electron chi connectivity index (χ0n) is 8.24. The Morgan fingerprint density at radius 1 is 1.54 bits per heavy atom. The maximum atomic E-state index is 8.96. The van der Waals surface area contributed by atoms with Crippen molar-refractivity contribution in [2.75, 3.05) is 0 Å². The largest absolute Gasteiger partial charge is 0.491 e. The van der Waals surface area contributed by atoms with Gasteiger partial charge in [-0.1, -0.05) is 0 Å². The lowest BCUT2D eigenvalue weighted by Crippen LogP contribution is -2.08. The van der Waals surface area contributed by atoms with Crippen molar-refractivity contribution >= 4 is 0 Å². The van der Waals surface area contributed by atoms with E-state index in [4.69, 9.17) is 9.84 Å². The molecule has 1 aromatic rings. The molecular formula is C10H15NO2. The van der Waals surface area contributed by atoms with Gasteiger partial charge in [-0.2, -0.15) is 0 Å². The molecule has 0 bridgehead atoms. The molecule has 1 heterocycles. The highest BCUT2D eigenvalue weighted by atomic mass is 16.5. The maximum absolute atomic E-state index is 8.96.